The summed E-state index contributed by atoms with van der Waals surface area (Å²) in [4.78, 5) is 35.8. The minimum atomic E-state index is -0.580. The average Bonchev–Trinajstić information content (AvgIpc) is 3.34. The smallest absolute Gasteiger partial charge is 0.322 e. The first-order valence-corrected chi connectivity index (χ1v) is 9.52. The normalized spacial score (nSPS) is 15.8. The standard InChI is InChI=1S/C21H22N6O3/c1-12-4-5-13(2)27(12)20-16(11-22-26(20)3)18(28)23-15-8-6-14(7-9-15)10-17-19(29)25-21(30)24-17/h4-9,11,17H,10H2,1-3H3,(H,23,28)(H2,24,25,29,30). The maximum absolute atomic E-state index is 12.9. The third-order valence-corrected chi connectivity index (χ3v) is 5.15. The van der Waals surface area contributed by atoms with Crippen molar-refractivity contribution < 1.29 is 14.4 Å². The van der Waals surface area contributed by atoms with Crippen molar-refractivity contribution in [3.8, 4) is 5.82 Å². The Hall–Kier alpha value is -3.88. The molecule has 30 heavy (non-hydrogen) atoms. The van der Waals surface area contributed by atoms with Crippen LogP contribution >= 0.6 is 0 Å². The van der Waals surface area contributed by atoms with Crippen LogP contribution in [-0.2, 0) is 18.3 Å². The fourth-order valence-corrected chi connectivity index (χ4v) is 3.62. The van der Waals surface area contributed by atoms with Gasteiger partial charge in [-0.15, -0.1) is 0 Å². The summed E-state index contributed by atoms with van der Waals surface area (Å²) in [6.07, 6.45) is 1.93. The van der Waals surface area contributed by atoms with Gasteiger partial charge >= 0.3 is 6.03 Å². The lowest BCUT2D eigenvalue weighted by Gasteiger charge is -2.13. The number of carbonyl (C=O) groups excluding carboxylic acids is 3. The number of amides is 4. The molecule has 0 bridgehead atoms. The predicted octanol–water partition coefficient (Wildman–Crippen LogP) is 1.83. The number of hydrogen-bond donors (Lipinski definition) is 3. The summed E-state index contributed by atoms with van der Waals surface area (Å²) < 4.78 is 3.67. The second-order valence-corrected chi connectivity index (χ2v) is 7.33. The Kier molecular flexibility index (Phi) is 4.86. The number of aryl methyl sites for hydroxylation is 3. The van der Waals surface area contributed by atoms with Gasteiger partial charge in [0.1, 0.15) is 17.4 Å². The molecule has 2 aromatic heterocycles. The van der Waals surface area contributed by atoms with Gasteiger partial charge in [-0.25, -0.2) is 4.79 Å². The molecule has 3 aromatic rings. The minimum Gasteiger partial charge on any atom is -0.326 e. The summed E-state index contributed by atoms with van der Waals surface area (Å²) in [5, 5.41) is 11.9. The molecule has 1 atom stereocenters. The van der Waals surface area contributed by atoms with Crippen molar-refractivity contribution in [1.82, 2.24) is 25.0 Å². The highest BCUT2D eigenvalue weighted by Gasteiger charge is 2.29. The highest BCUT2D eigenvalue weighted by molar-refractivity contribution is 6.06. The SMILES string of the molecule is Cc1ccc(C)n1-c1c(C(=O)Nc2ccc(CC3NC(=O)NC3=O)cc2)cnn1C. The first kappa shape index (κ1) is 19.4. The van der Waals surface area contributed by atoms with E-state index in [0.29, 0.717) is 23.5 Å². The molecule has 4 amide bonds. The molecule has 1 saturated heterocycles. The Morgan fingerprint density at radius 3 is 2.37 bits per heavy atom. The Morgan fingerprint density at radius 1 is 1.10 bits per heavy atom. The molecule has 3 N–H and O–H groups in total. The molecule has 3 heterocycles. The van der Waals surface area contributed by atoms with Crippen LogP contribution in [0.5, 0.6) is 0 Å². The van der Waals surface area contributed by atoms with Crippen LogP contribution in [0.4, 0.5) is 10.5 Å². The van der Waals surface area contributed by atoms with Crippen LogP contribution in [0.25, 0.3) is 5.82 Å². The van der Waals surface area contributed by atoms with E-state index in [1.54, 1.807) is 30.1 Å². The van der Waals surface area contributed by atoms with Gasteiger partial charge < -0.3 is 15.2 Å². The van der Waals surface area contributed by atoms with Gasteiger partial charge in [-0.05, 0) is 43.7 Å². The van der Waals surface area contributed by atoms with Gasteiger partial charge in [0.25, 0.3) is 11.8 Å². The molecule has 0 spiro atoms. The fraction of sp³-hybridized carbons (Fsp3) is 0.238. The topological polar surface area (TPSA) is 110 Å². The lowest BCUT2D eigenvalue weighted by molar-refractivity contribution is -0.120. The van der Waals surface area contributed by atoms with Crippen LogP contribution in [0.1, 0.15) is 27.3 Å². The van der Waals surface area contributed by atoms with Gasteiger partial charge in [0.2, 0.25) is 0 Å². The van der Waals surface area contributed by atoms with Crippen molar-refractivity contribution in [2.24, 2.45) is 7.05 Å². The molecule has 1 aliphatic heterocycles. The zero-order valence-electron chi connectivity index (χ0n) is 16.9. The maximum Gasteiger partial charge on any atom is 0.322 e. The van der Waals surface area contributed by atoms with E-state index in [1.165, 1.54) is 0 Å². The second kappa shape index (κ2) is 7.51. The number of rotatable bonds is 5. The summed E-state index contributed by atoms with van der Waals surface area (Å²) in [6.45, 7) is 3.96. The van der Waals surface area contributed by atoms with Crippen LogP contribution in [-0.4, -0.2) is 38.2 Å². The number of carbonyl (C=O) groups is 3. The average molecular weight is 406 g/mol. The van der Waals surface area contributed by atoms with E-state index in [4.69, 9.17) is 0 Å². The minimum absolute atomic E-state index is 0.263. The molecule has 1 aliphatic rings. The predicted molar refractivity (Wildman–Crippen MR) is 111 cm³/mol. The van der Waals surface area contributed by atoms with E-state index in [-0.39, 0.29) is 11.8 Å². The zero-order valence-corrected chi connectivity index (χ0v) is 16.9. The van der Waals surface area contributed by atoms with Gasteiger partial charge in [-0.2, -0.15) is 5.10 Å². The van der Waals surface area contributed by atoms with Gasteiger partial charge in [-0.3, -0.25) is 19.6 Å². The number of anilines is 1. The summed E-state index contributed by atoms with van der Waals surface area (Å²) in [6, 6.07) is 10.1. The lowest BCUT2D eigenvalue weighted by Crippen LogP contribution is -2.31. The quantitative estimate of drug-likeness (QED) is 0.562. The summed E-state index contributed by atoms with van der Waals surface area (Å²) in [7, 11) is 1.80. The number of aromatic nitrogens is 3. The van der Waals surface area contributed by atoms with Crippen molar-refractivity contribution in [1.29, 1.82) is 0 Å². The monoisotopic (exact) mass is 406 g/mol. The number of nitrogens with one attached hydrogen (secondary N) is 3. The first-order valence-electron chi connectivity index (χ1n) is 9.52. The van der Waals surface area contributed by atoms with Gasteiger partial charge in [0, 0.05) is 30.5 Å². The van der Waals surface area contributed by atoms with E-state index in [9.17, 15) is 14.4 Å². The van der Waals surface area contributed by atoms with E-state index >= 15 is 0 Å². The molecule has 4 rings (SSSR count). The highest BCUT2D eigenvalue weighted by atomic mass is 16.2. The van der Waals surface area contributed by atoms with Crippen LogP contribution in [0, 0.1) is 13.8 Å². The summed E-state index contributed by atoms with van der Waals surface area (Å²) in [5.41, 5.74) is 3.99. The van der Waals surface area contributed by atoms with Crippen molar-refractivity contribution in [2.45, 2.75) is 26.3 Å². The molecular weight excluding hydrogens is 384 g/mol. The van der Waals surface area contributed by atoms with Crippen molar-refractivity contribution in [3.05, 3.63) is 65.1 Å². The van der Waals surface area contributed by atoms with Crippen molar-refractivity contribution in [2.75, 3.05) is 5.32 Å². The van der Waals surface area contributed by atoms with Crippen molar-refractivity contribution >= 4 is 23.5 Å². The molecule has 1 unspecified atom stereocenters. The Labute approximate surface area is 173 Å². The second-order valence-electron chi connectivity index (χ2n) is 7.33. The Balaban J connectivity index is 1.50. The number of imide groups is 1. The highest BCUT2D eigenvalue weighted by Crippen LogP contribution is 2.21. The number of benzene rings is 1. The molecule has 1 fully saturated rings. The van der Waals surface area contributed by atoms with Crippen LogP contribution in [0.15, 0.2) is 42.6 Å². The molecule has 9 nitrogen and oxygen atoms in total. The zero-order chi connectivity index (χ0) is 21.4. The maximum atomic E-state index is 12.9. The number of nitrogens with zero attached hydrogens (tertiary/aromatic N) is 3. The van der Waals surface area contributed by atoms with Crippen LogP contribution < -0.4 is 16.0 Å². The Morgan fingerprint density at radius 2 is 1.77 bits per heavy atom. The van der Waals surface area contributed by atoms with Crippen molar-refractivity contribution in [3.63, 3.8) is 0 Å². The van der Waals surface area contributed by atoms with E-state index in [1.807, 2.05) is 42.7 Å². The van der Waals surface area contributed by atoms with E-state index in [0.717, 1.165) is 17.0 Å². The molecule has 0 aliphatic carbocycles. The van der Waals surface area contributed by atoms with Gasteiger partial charge in [0.05, 0.1) is 6.20 Å². The van der Waals surface area contributed by atoms with Gasteiger partial charge in [-0.1, -0.05) is 12.1 Å². The molecule has 1 aromatic carbocycles. The summed E-state index contributed by atoms with van der Waals surface area (Å²) in [5.74, 6) is 0.102. The molecule has 0 radical (unpaired) electrons. The third kappa shape index (κ3) is 3.57. The summed E-state index contributed by atoms with van der Waals surface area (Å²) >= 11 is 0. The largest absolute Gasteiger partial charge is 0.326 e. The molecule has 0 saturated carbocycles. The molecule has 9 heteroatoms. The van der Waals surface area contributed by atoms with Crippen LogP contribution in [0.2, 0.25) is 0 Å². The number of hydrogen-bond acceptors (Lipinski definition) is 4. The fourth-order valence-electron chi connectivity index (χ4n) is 3.62. The molecule has 154 valence electrons. The number of urea groups is 1. The Bertz CT molecular complexity index is 1120. The lowest BCUT2D eigenvalue weighted by atomic mass is 10.1. The van der Waals surface area contributed by atoms with E-state index in [2.05, 4.69) is 21.0 Å². The van der Waals surface area contributed by atoms with E-state index < -0.39 is 12.1 Å². The molecular formula is C21H22N6O3. The van der Waals surface area contributed by atoms with Gasteiger partial charge in [0.15, 0.2) is 0 Å². The van der Waals surface area contributed by atoms with Crippen LogP contribution in [0.3, 0.4) is 0 Å². The third-order valence-electron chi connectivity index (χ3n) is 5.15. The first-order chi connectivity index (χ1) is 14.3.